The van der Waals surface area contributed by atoms with Crippen molar-refractivity contribution >= 4 is 5.91 Å². The van der Waals surface area contributed by atoms with Gasteiger partial charge in [0.1, 0.15) is 11.6 Å². The summed E-state index contributed by atoms with van der Waals surface area (Å²) in [5, 5.41) is 0. The summed E-state index contributed by atoms with van der Waals surface area (Å²) in [5.74, 6) is -1.06. The molecule has 0 bridgehead atoms. The maximum absolute atomic E-state index is 13.9. The van der Waals surface area contributed by atoms with Gasteiger partial charge in [0.15, 0.2) is 0 Å². The van der Waals surface area contributed by atoms with E-state index in [1.807, 2.05) is 10.8 Å². The summed E-state index contributed by atoms with van der Waals surface area (Å²) in [4.78, 5) is 18.8. The highest BCUT2D eigenvalue weighted by Crippen LogP contribution is 2.26. The summed E-state index contributed by atoms with van der Waals surface area (Å²) in [6.07, 6.45) is 5.41. The number of halogens is 2. The molecule has 1 aromatic heterocycles. The Hall–Kier alpha value is -3.02. The number of hydrogen-bond acceptors (Lipinski definition) is 2. The van der Waals surface area contributed by atoms with Gasteiger partial charge in [0, 0.05) is 24.8 Å². The van der Waals surface area contributed by atoms with E-state index in [0.717, 1.165) is 24.1 Å². The minimum atomic E-state index is -0.495. The molecule has 27 heavy (non-hydrogen) atoms. The molecule has 1 saturated heterocycles. The summed E-state index contributed by atoms with van der Waals surface area (Å²) in [5.41, 5.74) is 1.70. The van der Waals surface area contributed by atoms with Gasteiger partial charge in [-0.1, -0.05) is 12.1 Å². The fraction of sp³-hybridized carbons (Fsp3) is 0.238. The predicted molar refractivity (Wildman–Crippen MR) is 98.2 cm³/mol. The van der Waals surface area contributed by atoms with Crippen molar-refractivity contribution in [1.29, 1.82) is 0 Å². The lowest BCUT2D eigenvalue weighted by molar-refractivity contribution is 0.0674. The quantitative estimate of drug-likeness (QED) is 0.692. The lowest BCUT2D eigenvalue weighted by atomic mass is 10.0. The Kier molecular flexibility index (Phi) is 4.71. The van der Waals surface area contributed by atoms with Gasteiger partial charge in [0.2, 0.25) is 0 Å². The molecule has 0 aliphatic carbocycles. The number of benzene rings is 2. The van der Waals surface area contributed by atoms with Gasteiger partial charge in [0.05, 0.1) is 23.6 Å². The topological polar surface area (TPSA) is 38.1 Å². The second-order valence-corrected chi connectivity index (χ2v) is 6.74. The number of amides is 1. The fourth-order valence-electron chi connectivity index (χ4n) is 3.49. The Labute approximate surface area is 156 Å². The van der Waals surface area contributed by atoms with Crippen molar-refractivity contribution < 1.29 is 13.6 Å². The molecule has 0 N–H and O–H groups in total. The molecule has 1 amide bonds. The van der Waals surface area contributed by atoms with Gasteiger partial charge in [-0.25, -0.2) is 13.8 Å². The van der Waals surface area contributed by atoms with Crippen LogP contribution in [0.1, 0.15) is 29.2 Å². The predicted octanol–water partition coefficient (Wildman–Crippen LogP) is 4.31. The molecule has 4 rings (SSSR count). The minimum Gasteiger partial charge on any atom is -0.336 e. The van der Waals surface area contributed by atoms with Crippen LogP contribution in [0, 0.1) is 11.6 Å². The van der Waals surface area contributed by atoms with E-state index in [0.29, 0.717) is 13.1 Å². The lowest BCUT2D eigenvalue weighted by Crippen LogP contribution is -2.40. The van der Waals surface area contributed by atoms with Gasteiger partial charge in [-0.15, -0.1) is 0 Å². The van der Waals surface area contributed by atoms with Crippen LogP contribution in [0.5, 0.6) is 0 Å². The number of hydrogen-bond donors (Lipinski definition) is 0. The number of nitrogens with zero attached hydrogens (tertiary/aromatic N) is 3. The van der Waals surface area contributed by atoms with Gasteiger partial charge >= 0.3 is 0 Å². The third kappa shape index (κ3) is 3.60. The molecular formula is C21H19F2N3O. The van der Waals surface area contributed by atoms with E-state index in [2.05, 4.69) is 4.98 Å². The number of carbonyl (C=O) groups is 1. The van der Waals surface area contributed by atoms with Crippen LogP contribution in [0.4, 0.5) is 8.78 Å². The van der Waals surface area contributed by atoms with Crippen LogP contribution in [0.2, 0.25) is 0 Å². The van der Waals surface area contributed by atoms with E-state index in [1.165, 1.54) is 24.3 Å². The summed E-state index contributed by atoms with van der Waals surface area (Å²) >= 11 is 0. The van der Waals surface area contributed by atoms with Crippen molar-refractivity contribution in [2.45, 2.75) is 18.9 Å². The molecule has 1 unspecified atom stereocenters. The van der Waals surface area contributed by atoms with Crippen molar-refractivity contribution in [3.8, 4) is 11.3 Å². The Morgan fingerprint density at radius 1 is 1.07 bits per heavy atom. The summed E-state index contributed by atoms with van der Waals surface area (Å²) in [7, 11) is 0. The smallest absolute Gasteiger partial charge is 0.256 e. The summed E-state index contributed by atoms with van der Waals surface area (Å²) in [6.45, 7) is 1.12. The lowest BCUT2D eigenvalue weighted by Gasteiger charge is -2.33. The maximum Gasteiger partial charge on any atom is 0.256 e. The van der Waals surface area contributed by atoms with E-state index in [1.54, 1.807) is 35.5 Å². The Morgan fingerprint density at radius 3 is 2.63 bits per heavy atom. The van der Waals surface area contributed by atoms with Crippen LogP contribution in [-0.2, 0) is 0 Å². The van der Waals surface area contributed by atoms with Crippen molar-refractivity contribution in [3.63, 3.8) is 0 Å². The average molecular weight is 367 g/mol. The standard InChI is InChI=1S/C21H19F2N3O/c22-16-9-7-15(8-10-16)20-13-26(14-24-20)17-4-3-11-25(12-17)21(27)18-5-1-2-6-19(18)23/h1-2,5-10,13-14,17H,3-4,11-12H2. The molecule has 0 radical (unpaired) electrons. The molecule has 1 aliphatic rings. The van der Waals surface area contributed by atoms with Crippen LogP contribution in [0.3, 0.4) is 0 Å². The molecule has 0 spiro atoms. The minimum absolute atomic E-state index is 0.0798. The molecule has 1 aliphatic heterocycles. The first-order valence-corrected chi connectivity index (χ1v) is 8.95. The van der Waals surface area contributed by atoms with Gasteiger partial charge in [-0.05, 0) is 49.2 Å². The number of likely N-dealkylation sites (tertiary alicyclic amines) is 1. The van der Waals surface area contributed by atoms with E-state index < -0.39 is 5.82 Å². The third-order valence-corrected chi connectivity index (χ3v) is 4.95. The summed E-state index contributed by atoms with van der Waals surface area (Å²) < 4.78 is 29.0. The molecule has 1 atom stereocenters. The number of piperidine rings is 1. The number of aromatic nitrogens is 2. The van der Waals surface area contributed by atoms with Crippen LogP contribution in [0.15, 0.2) is 61.1 Å². The first-order valence-electron chi connectivity index (χ1n) is 8.95. The second-order valence-electron chi connectivity index (χ2n) is 6.74. The third-order valence-electron chi connectivity index (χ3n) is 4.95. The number of rotatable bonds is 3. The van der Waals surface area contributed by atoms with Gasteiger partial charge in [0.25, 0.3) is 5.91 Å². The molecule has 6 heteroatoms. The molecule has 3 aromatic rings. The van der Waals surface area contributed by atoms with E-state index >= 15 is 0 Å². The Balaban J connectivity index is 1.51. The zero-order chi connectivity index (χ0) is 18.8. The highest BCUT2D eigenvalue weighted by molar-refractivity contribution is 5.94. The average Bonchev–Trinajstić information content (AvgIpc) is 3.19. The zero-order valence-corrected chi connectivity index (χ0v) is 14.7. The van der Waals surface area contributed by atoms with Gasteiger partial charge in [-0.3, -0.25) is 4.79 Å². The van der Waals surface area contributed by atoms with Crippen LogP contribution < -0.4 is 0 Å². The van der Waals surface area contributed by atoms with Gasteiger partial charge in [-0.2, -0.15) is 0 Å². The molecule has 2 heterocycles. The molecule has 4 nitrogen and oxygen atoms in total. The number of imidazole rings is 1. The molecule has 138 valence electrons. The number of carbonyl (C=O) groups excluding carboxylic acids is 1. The first kappa shape index (κ1) is 17.4. The zero-order valence-electron chi connectivity index (χ0n) is 14.7. The normalized spacial score (nSPS) is 17.1. The van der Waals surface area contributed by atoms with Crippen molar-refractivity contribution in [2.75, 3.05) is 13.1 Å². The van der Waals surface area contributed by atoms with E-state index in [4.69, 9.17) is 0 Å². The Morgan fingerprint density at radius 2 is 1.85 bits per heavy atom. The van der Waals surface area contributed by atoms with Crippen LogP contribution in [0.25, 0.3) is 11.3 Å². The highest BCUT2D eigenvalue weighted by atomic mass is 19.1. The van der Waals surface area contributed by atoms with Crippen molar-refractivity contribution in [2.24, 2.45) is 0 Å². The fourth-order valence-corrected chi connectivity index (χ4v) is 3.49. The van der Waals surface area contributed by atoms with E-state index in [9.17, 15) is 13.6 Å². The molecule has 2 aromatic carbocycles. The summed E-state index contributed by atoms with van der Waals surface area (Å²) in [6, 6.07) is 12.3. The second kappa shape index (κ2) is 7.31. The monoisotopic (exact) mass is 367 g/mol. The van der Waals surface area contributed by atoms with Crippen molar-refractivity contribution in [3.05, 3.63) is 78.3 Å². The van der Waals surface area contributed by atoms with E-state index in [-0.39, 0.29) is 23.3 Å². The molecular weight excluding hydrogens is 348 g/mol. The van der Waals surface area contributed by atoms with Crippen molar-refractivity contribution in [1.82, 2.24) is 14.5 Å². The largest absolute Gasteiger partial charge is 0.336 e. The Bertz CT molecular complexity index is 952. The highest BCUT2D eigenvalue weighted by Gasteiger charge is 2.27. The van der Waals surface area contributed by atoms with Crippen LogP contribution in [-0.4, -0.2) is 33.4 Å². The van der Waals surface area contributed by atoms with Gasteiger partial charge < -0.3 is 9.47 Å². The van der Waals surface area contributed by atoms with Crippen LogP contribution >= 0.6 is 0 Å². The first-order chi connectivity index (χ1) is 13.1. The molecule has 1 fully saturated rings. The molecule has 0 saturated carbocycles. The maximum atomic E-state index is 13.9. The SMILES string of the molecule is O=C(c1ccccc1F)N1CCCC(n2cnc(-c3ccc(F)cc3)c2)C1.